The third kappa shape index (κ3) is 10.1. The molecule has 4 aromatic carbocycles. The quantitative estimate of drug-likeness (QED) is 0.0658. The summed E-state index contributed by atoms with van der Waals surface area (Å²) in [5.41, 5.74) is 4.06. The first-order chi connectivity index (χ1) is 23.4. The van der Waals surface area contributed by atoms with Crippen molar-refractivity contribution in [1.29, 1.82) is 0 Å². The first-order valence-corrected chi connectivity index (χ1v) is 20.8. The molecular formula is C37H41O9SSe+. The van der Waals surface area contributed by atoms with Crippen molar-refractivity contribution in [1.82, 2.24) is 0 Å². The van der Waals surface area contributed by atoms with Gasteiger partial charge in [0.2, 0.25) is 0 Å². The molecule has 0 aromatic heterocycles. The first-order valence-electron chi connectivity index (χ1n) is 16.0. The Morgan fingerprint density at radius 2 is 1.31 bits per heavy atom. The molecule has 9 nitrogen and oxygen atoms in total. The second-order valence-corrected chi connectivity index (χ2v) is 17.8. The molecule has 2 aliphatic rings. The third-order valence-corrected chi connectivity index (χ3v) is 14.7. The molecule has 6 rings (SSSR count). The Bertz CT molecular complexity index is 1630. The Morgan fingerprint density at radius 1 is 0.750 bits per heavy atom. The van der Waals surface area contributed by atoms with Gasteiger partial charge in [0.05, 0.1) is 0 Å². The second-order valence-electron chi connectivity index (χ2n) is 11.8. The molecule has 2 saturated heterocycles. The average molecular weight is 741 g/mol. The van der Waals surface area contributed by atoms with Crippen LogP contribution in [-0.4, -0.2) is 69.2 Å². The summed E-state index contributed by atoms with van der Waals surface area (Å²) in [6, 6.07) is 39.7. The van der Waals surface area contributed by atoms with Crippen molar-refractivity contribution in [3.8, 4) is 0 Å². The van der Waals surface area contributed by atoms with E-state index < -0.39 is 42.8 Å². The summed E-state index contributed by atoms with van der Waals surface area (Å²) in [6.07, 6.45) is -2.91. The van der Waals surface area contributed by atoms with Gasteiger partial charge in [-0.1, -0.05) is 0 Å². The van der Waals surface area contributed by atoms with Crippen LogP contribution >= 0.6 is 0 Å². The molecule has 11 heteroatoms. The van der Waals surface area contributed by atoms with Gasteiger partial charge in [-0.25, -0.2) is 0 Å². The monoisotopic (exact) mass is 741 g/mol. The minimum atomic E-state index is -4.99. The molecular weight excluding hydrogens is 699 g/mol. The molecule has 2 fully saturated rings. The number of hydrogen-bond donors (Lipinski definition) is 0. The Labute approximate surface area is 286 Å². The molecule has 0 saturated carbocycles. The molecule has 7 atom stereocenters. The van der Waals surface area contributed by atoms with E-state index in [1.165, 1.54) is 0 Å². The van der Waals surface area contributed by atoms with Crippen molar-refractivity contribution in [3.63, 3.8) is 0 Å². The van der Waals surface area contributed by atoms with E-state index in [9.17, 15) is 13.0 Å². The molecule has 0 aliphatic carbocycles. The van der Waals surface area contributed by atoms with Crippen molar-refractivity contribution < 1.29 is 40.8 Å². The number of benzene rings is 4. The van der Waals surface area contributed by atoms with Gasteiger partial charge in [0.25, 0.3) is 0 Å². The molecule has 4 aromatic rings. The molecule has 0 amide bonds. The van der Waals surface area contributed by atoms with Crippen molar-refractivity contribution in [2.24, 2.45) is 0 Å². The molecule has 254 valence electrons. The van der Waals surface area contributed by atoms with Crippen molar-refractivity contribution in [2.75, 3.05) is 13.2 Å². The zero-order valence-corrected chi connectivity index (χ0v) is 29.0. The summed E-state index contributed by atoms with van der Waals surface area (Å²) >= 11 is -1.71. The summed E-state index contributed by atoms with van der Waals surface area (Å²) < 4.78 is 71.0. The van der Waals surface area contributed by atoms with E-state index in [1.807, 2.05) is 109 Å². The predicted molar refractivity (Wildman–Crippen MR) is 181 cm³/mol. The predicted octanol–water partition coefficient (Wildman–Crippen LogP) is 5.72. The molecule has 1 N–H and O–H groups in total. The topological polar surface area (TPSA) is 116 Å². The van der Waals surface area contributed by atoms with Crippen LogP contribution < -0.4 is 0 Å². The maximum atomic E-state index is 11.8. The van der Waals surface area contributed by atoms with Gasteiger partial charge >= 0.3 is 288 Å². The van der Waals surface area contributed by atoms with Gasteiger partial charge < -0.3 is 0 Å². The summed E-state index contributed by atoms with van der Waals surface area (Å²) in [5, 5.41) is 1.28. The van der Waals surface area contributed by atoms with Crippen molar-refractivity contribution >= 4 is 24.3 Å². The number of aliphatic hydroxyl groups is 2. The van der Waals surface area contributed by atoms with Gasteiger partial charge in [0.15, 0.2) is 0 Å². The van der Waals surface area contributed by atoms with Gasteiger partial charge in [-0.15, -0.1) is 0 Å². The standard InChI is InChI=1S/C37H40O9SSe/c38-47(39,40)46-32-24-44-37(31-19-11-4-12-20-31)45-33(32)26-48-27-34(42-22-29-15-7-2-8-16-29)36(43-23-30-17-9-3-10-18-30)35(48)25-41-21-28-13-5-1-6-14-28/h1-20,32-37H,21-27H2/p+1/t32-,33+,34-,35-,36+,37?,48?/m1/s1. The summed E-state index contributed by atoms with van der Waals surface area (Å²) in [7, 11) is -4.99. The van der Waals surface area contributed by atoms with Crippen LogP contribution in [0.2, 0.25) is 15.5 Å². The zero-order chi connectivity index (χ0) is 33.2. The maximum absolute atomic E-state index is 11.8. The summed E-state index contributed by atoms with van der Waals surface area (Å²) in [6.45, 7) is 1.90. The van der Waals surface area contributed by atoms with Gasteiger partial charge in [-0.2, -0.15) is 0 Å². The fourth-order valence-electron chi connectivity index (χ4n) is 6.02. The molecule has 48 heavy (non-hydrogen) atoms. The molecule has 0 bridgehead atoms. The molecule has 0 radical (unpaired) electrons. The number of ether oxygens (including phenoxy) is 5. The van der Waals surface area contributed by atoms with E-state index >= 15 is 0 Å². The van der Waals surface area contributed by atoms with Crippen LogP contribution in [0.1, 0.15) is 28.5 Å². The van der Waals surface area contributed by atoms with Gasteiger partial charge in [0, 0.05) is 0 Å². The summed E-state index contributed by atoms with van der Waals surface area (Å²) in [4.78, 5) is 0.0457. The van der Waals surface area contributed by atoms with Crippen LogP contribution in [-0.2, 0) is 53.4 Å². The third-order valence-electron chi connectivity index (χ3n) is 8.39. The molecule has 2 unspecified atom stereocenters. The second kappa shape index (κ2) is 17.1. The van der Waals surface area contributed by atoms with E-state index in [0.717, 1.165) is 27.6 Å². The molecule has 0 spiro atoms. The fraction of sp³-hybridized carbons (Fsp3) is 0.351. The summed E-state index contributed by atoms with van der Waals surface area (Å²) in [5.74, 6) is 0. The van der Waals surface area contributed by atoms with E-state index in [1.54, 1.807) is 0 Å². The van der Waals surface area contributed by atoms with Gasteiger partial charge in [-0.05, 0) is 0 Å². The van der Waals surface area contributed by atoms with Gasteiger partial charge in [-0.3, -0.25) is 0 Å². The van der Waals surface area contributed by atoms with Crippen LogP contribution in [0.3, 0.4) is 0 Å². The zero-order valence-electron chi connectivity index (χ0n) is 26.5. The Kier molecular flexibility index (Phi) is 12.5. The van der Waals surface area contributed by atoms with Crippen molar-refractivity contribution in [3.05, 3.63) is 144 Å². The van der Waals surface area contributed by atoms with E-state index in [2.05, 4.69) is 12.1 Å². The van der Waals surface area contributed by atoms with E-state index in [4.69, 9.17) is 27.9 Å². The Hall–Kier alpha value is -2.93. The average Bonchev–Trinajstić information content (AvgIpc) is 3.43. The van der Waals surface area contributed by atoms with Crippen LogP contribution in [0.4, 0.5) is 0 Å². The minimum absolute atomic E-state index is 0.0457. The number of rotatable bonds is 15. The first kappa shape index (κ1) is 34.9. The van der Waals surface area contributed by atoms with E-state index in [-0.39, 0.29) is 23.6 Å². The van der Waals surface area contributed by atoms with Crippen LogP contribution in [0.5, 0.6) is 0 Å². The Balaban J connectivity index is 1.26. The van der Waals surface area contributed by atoms with Crippen LogP contribution in [0.25, 0.3) is 0 Å². The molecule has 2 heterocycles. The van der Waals surface area contributed by atoms with E-state index in [0.29, 0.717) is 31.7 Å². The Morgan fingerprint density at radius 3 is 1.92 bits per heavy atom. The van der Waals surface area contributed by atoms with Gasteiger partial charge in [0.1, 0.15) is 0 Å². The van der Waals surface area contributed by atoms with Crippen LogP contribution in [0, 0.1) is 0 Å². The SMILES string of the molecule is O=S(=O)([O-])O[C@@H]1COC(c2ccccc2)O[C@H]1C[Se+]1C[C@@H](OCc2ccccc2)[C@H](OCc2ccccc2)[C@H]1C[OH+]Cc1ccccc1. The van der Waals surface area contributed by atoms with Crippen LogP contribution in [0.15, 0.2) is 121 Å². The fourth-order valence-corrected chi connectivity index (χ4v) is 12.8. The van der Waals surface area contributed by atoms with Crippen molar-refractivity contribution in [2.45, 2.75) is 66.0 Å². The normalized spacial score (nSPS) is 26.0. The number of hydrogen-bond acceptors (Lipinski definition) is 8. The molecule has 2 aliphatic heterocycles.